The summed E-state index contributed by atoms with van der Waals surface area (Å²) in [7, 11) is 0. The van der Waals surface area contributed by atoms with Crippen LogP contribution in [0, 0.1) is 5.92 Å². The van der Waals surface area contributed by atoms with Crippen molar-refractivity contribution in [2.75, 3.05) is 6.79 Å². The highest BCUT2D eigenvalue weighted by atomic mass is 32.2. The SMILES string of the molecule is CC(C)C(=O)OCOC(=O)SC(C)(C)[C@@H](NC(=O)OC(C)(C)C)C(=O)O. The van der Waals surface area contributed by atoms with E-state index < -0.39 is 46.5 Å². The predicted octanol–water partition coefficient (Wildman–Crippen LogP) is 2.77. The van der Waals surface area contributed by atoms with Crippen molar-refractivity contribution >= 4 is 35.1 Å². The van der Waals surface area contributed by atoms with Gasteiger partial charge in [-0.2, -0.15) is 0 Å². The van der Waals surface area contributed by atoms with E-state index in [2.05, 4.69) is 5.32 Å². The monoisotopic (exact) mass is 393 g/mol. The zero-order valence-electron chi connectivity index (χ0n) is 16.1. The van der Waals surface area contributed by atoms with Crippen molar-refractivity contribution in [2.24, 2.45) is 5.92 Å². The lowest BCUT2D eigenvalue weighted by molar-refractivity contribution is -0.155. The van der Waals surface area contributed by atoms with Crippen LogP contribution in [0.3, 0.4) is 0 Å². The molecule has 0 aliphatic heterocycles. The minimum atomic E-state index is -1.42. The highest BCUT2D eigenvalue weighted by molar-refractivity contribution is 8.14. The van der Waals surface area contributed by atoms with Crippen LogP contribution in [0.25, 0.3) is 0 Å². The number of carboxylic acid groups (broad SMARTS) is 1. The molecule has 0 aromatic carbocycles. The lowest BCUT2D eigenvalue weighted by atomic mass is 10.0. The summed E-state index contributed by atoms with van der Waals surface area (Å²) in [5.41, 5.74) is -0.802. The first kappa shape index (κ1) is 24.0. The maximum atomic E-state index is 11.9. The Hall–Kier alpha value is -1.97. The second kappa shape index (κ2) is 9.65. The Bertz CT molecular complexity index is 539. The molecular formula is C16H27NO8S. The summed E-state index contributed by atoms with van der Waals surface area (Å²) in [5, 5.41) is 10.8. The zero-order chi connectivity index (χ0) is 20.7. The van der Waals surface area contributed by atoms with E-state index in [1.165, 1.54) is 13.8 Å². The zero-order valence-corrected chi connectivity index (χ0v) is 16.9. The van der Waals surface area contributed by atoms with Crippen molar-refractivity contribution in [1.82, 2.24) is 5.32 Å². The molecule has 0 aliphatic carbocycles. The van der Waals surface area contributed by atoms with Crippen LogP contribution in [0.4, 0.5) is 9.59 Å². The molecule has 1 atom stereocenters. The maximum absolute atomic E-state index is 11.9. The first-order valence-electron chi connectivity index (χ1n) is 7.90. The Labute approximate surface area is 157 Å². The van der Waals surface area contributed by atoms with Gasteiger partial charge >= 0.3 is 23.3 Å². The van der Waals surface area contributed by atoms with Crippen LogP contribution in [0.2, 0.25) is 0 Å². The van der Waals surface area contributed by atoms with Crippen LogP contribution in [0.15, 0.2) is 0 Å². The van der Waals surface area contributed by atoms with E-state index in [9.17, 15) is 24.3 Å². The van der Waals surface area contributed by atoms with E-state index in [0.717, 1.165) is 0 Å². The Kier molecular flexibility index (Phi) is 8.92. The van der Waals surface area contributed by atoms with Gasteiger partial charge in [0.25, 0.3) is 0 Å². The van der Waals surface area contributed by atoms with Gasteiger partial charge in [0.15, 0.2) is 0 Å². The molecule has 0 rings (SSSR count). The van der Waals surface area contributed by atoms with Gasteiger partial charge < -0.3 is 24.6 Å². The van der Waals surface area contributed by atoms with Crippen LogP contribution >= 0.6 is 11.8 Å². The first-order chi connectivity index (χ1) is 11.7. The summed E-state index contributed by atoms with van der Waals surface area (Å²) >= 11 is 0.555. The Morgan fingerprint density at radius 2 is 1.58 bits per heavy atom. The predicted molar refractivity (Wildman–Crippen MR) is 94.7 cm³/mol. The molecule has 0 unspecified atom stereocenters. The average Bonchev–Trinajstić information content (AvgIpc) is 2.41. The normalized spacial score (nSPS) is 12.9. The lowest BCUT2D eigenvalue weighted by Crippen LogP contribution is -2.53. The summed E-state index contributed by atoms with van der Waals surface area (Å²) in [6, 6.07) is -1.42. The molecule has 26 heavy (non-hydrogen) atoms. The largest absolute Gasteiger partial charge is 0.480 e. The minimum absolute atomic E-state index is 0.368. The van der Waals surface area contributed by atoms with Gasteiger partial charge in [-0.25, -0.2) is 14.4 Å². The number of rotatable bonds is 7. The van der Waals surface area contributed by atoms with Gasteiger partial charge in [-0.3, -0.25) is 4.79 Å². The van der Waals surface area contributed by atoms with Gasteiger partial charge in [-0.1, -0.05) is 13.8 Å². The molecule has 150 valence electrons. The van der Waals surface area contributed by atoms with E-state index >= 15 is 0 Å². The highest BCUT2D eigenvalue weighted by Crippen LogP contribution is 2.30. The standard InChI is InChI=1S/C16H27NO8S/c1-9(2)12(20)23-8-24-14(22)26-16(6,7)10(11(18)19)17-13(21)25-15(3,4)5/h9-10H,8H2,1-7H3,(H,17,21)(H,18,19)/t10-/m0/s1. The Morgan fingerprint density at radius 3 is 2.00 bits per heavy atom. The minimum Gasteiger partial charge on any atom is -0.480 e. The lowest BCUT2D eigenvalue weighted by Gasteiger charge is -2.31. The van der Waals surface area contributed by atoms with Crippen LogP contribution < -0.4 is 5.32 Å². The third-order valence-electron chi connectivity index (χ3n) is 2.80. The van der Waals surface area contributed by atoms with Crippen LogP contribution in [0.1, 0.15) is 48.5 Å². The number of aliphatic carboxylic acids is 1. The number of hydrogen-bond donors (Lipinski definition) is 2. The number of carboxylic acids is 1. The molecule has 0 radical (unpaired) electrons. The number of carbonyl (C=O) groups excluding carboxylic acids is 3. The van der Waals surface area contributed by atoms with Crippen LogP contribution in [-0.2, 0) is 23.8 Å². The highest BCUT2D eigenvalue weighted by Gasteiger charge is 2.40. The summed E-state index contributed by atoms with van der Waals surface area (Å²) < 4.78 is 13.2. The molecule has 0 bridgehead atoms. The summed E-state index contributed by atoms with van der Waals surface area (Å²) in [4.78, 5) is 46.5. The molecule has 10 heteroatoms. The fourth-order valence-corrected chi connectivity index (χ4v) is 2.38. The maximum Gasteiger partial charge on any atom is 0.408 e. The molecule has 9 nitrogen and oxygen atoms in total. The van der Waals surface area contributed by atoms with Crippen molar-refractivity contribution in [1.29, 1.82) is 0 Å². The Balaban J connectivity index is 4.79. The molecule has 0 aromatic heterocycles. The van der Waals surface area contributed by atoms with Crippen molar-refractivity contribution in [2.45, 2.75) is 64.9 Å². The van der Waals surface area contributed by atoms with E-state index in [1.807, 2.05) is 0 Å². The van der Waals surface area contributed by atoms with E-state index in [1.54, 1.807) is 34.6 Å². The van der Waals surface area contributed by atoms with Gasteiger partial charge in [0.2, 0.25) is 6.79 Å². The van der Waals surface area contributed by atoms with Crippen molar-refractivity contribution in [3.05, 3.63) is 0 Å². The van der Waals surface area contributed by atoms with Crippen molar-refractivity contribution in [3.8, 4) is 0 Å². The molecule has 2 N–H and O–H groups in total. The summed E-state index contributed by atoms with van der Waals surface area (Å²) in [6.45, 7) is 10.5. The molecule has 0 saturated carbocycles. The smallest absolute Gasteiger partial charge is 0.408 e. The topological polar surface area (TPSA) is 128 Å². The Morgan fingerprint density at radius 1 is 1.04 bits per heavy atom. The van der Waals surface area contributed by atoms with Crippen molar-refractivity contribution < 1.29 is 38.5 Å². The number of esters is 1. The quantitative estimate of drug-likeness (QED) is 0.495. The molecule has 0 spiro atoms. The second-order valence-corrected chi connectivity index (χ2v) is 8.84. The second-order valence-electron chi connectivity index (χ2n) is 7.25. The fraction of sp³-hybridized carbons (Fsp3) is 0.750. The number of nitrogens with one attached hydrogen (secondary N) is 1. The molecule has 0 fully saturated rings. The third kappa shape index (κ3) is 9.50. The van der Waals surface area contributed by atoms with Gasteiger partial charge in [-0.15, -0.1) is 0 Å². The van der Waals surface area contributed by atoms with E-state index in [-0.39, 0.29) is 5.92 Å². The summed E-state index contributed by atoms with van der Waals surface area (Å²) in [5.74, 6) is -2.24. The molecule has 0 heterocycles. The van der Waals surface area contributed by atoms with Crippen LogP contribution in [0.5, 0.6) is 0 Å². The van der Waals surface area contributed by atoms with E-state index in [4.69, 9.17) is 14.2 Å². The number of ether oxygens (including phenoxy) is 3. The van der Waals surface area contributed by atoms with Crippen LogP contribution in [-0.4, -0.2) is 51.6 Å². The number of carbonyl (C=O) groups is 4. The van der Waals surface area contributed by atoms with Gasteiger partial charge in [0, 0.05) is 0 Å². The van der Waals surface area contributed by atoms with Gasteiger partial charge in [0.1, 0.15) is 11.6 Å². The van der Waals surface area contributed by atoms with Crippen molar-refractivity contribution in [3.63, 3.8) is 0 Å². The fourth-order valence-electron chi connectivity index (χ4n) is 1.56. The third-order valence-corrected chi connectivity index (χ3v) is 3.85. The average molecular weight is 393 g/mol. The number of thioether (sulfide) groups is 1. The molecular weight excluding hydrogens is 366 g/mol. The molecule has 0 aromatic rings. The van der Waals surface area contributed by atoms with E-state index in [0.29, 0.717) is 11.8 Å². The molecule has 1 amide bonds. The number of amides is 1. The summed E-state index contributed by atoms with van der Waals surface area (Å²) in [6.07, 6.45) is -0.919. The molecule has 0 saturated heterocycles. The van der Waals surface area contributed by atoms with Gasteiger partial charge in [-0.05, 0) is 46.4 Å². The number of hydrogen-bond acceptors (Lipinski definition) is 8. The first-order valence-corrected chi connectivity index (χ1v) is 8.72. The molecule has 0 aliphatic rings. The van der Waals surface area contributed by atoms with Gasteiger partial charge in [0.05, 0.1) is 10.7 Å². The number of alkyl carbamates (subject to hydrolysis) is 1.